The van der Waals surface area contributed by atoms with Crippen LogP contribution in [0.25, 0.3) is 0 Å². The first-order valence-corrected chi connectivity index (χ1v) is 6.89. The summed E-state index contributed by atoms with van der Waals surface area (Å²) in [4.78, 5) is 12.3. The maximum Gasteiger partial charge on any atom is 0.241 e. The third-order valence-electron chi connectivity index (χ3n) is 3.60. The van der Waals surface area contributed by atoms with Crippen molar-refractivity contribution in [2.24, 2.45) is 5.92 Å². The first-order valence-electron chi connectivity index (χ1n) is 6.89. The molecule has 1 aliphatic heterocycles. The van der Waals surface area contributed by atoms with E-state index in [9.17, 15) is 4.79 Å². The zero-order valence-corrected chi connectivity index (χ0v) is 12.2. The molecule has 0 radical (unpaired) electrons. The summed E-state index contributed by atoms with van der Waals surface area (Å²) in [5.74, 6) is 1.88. The summed E-state index contributed by atoms with van der Waals surface area (Å²) in [7, 11) is 3.18. The van der Waals surface area contributed by atoms with Crippen LogP contribution in [0, 0.1) is 5.92 Å². The maximum absolute atomic E-state index is 12.3. The minimum Gasteiger partial charge on any atom is -0.497 e. The van der Waals surface area contributed by atoms with Gasteiger partial charge in [-0.3, -0.25) is 4.79 Å². The second kappa shape index (κ2) is 6.61. The number of hydrogen-bond acceptors (Lipinski definition) is 4. The fraction of sp³-hybridized carbons (Fsp3) is 0.533. The monoisotopic (exact) mass is 278 g/mol. The molecule has 0 bridgehead atoms. The van der Waals surface area contributed by atoms with Crippen LogP contribution in [0.3, 0.4) is 0 Å². The molecule has 1 saturated heterocycles. The highest BCUT2D eigenvalue weighted by Gasteiger charge is 2.24. The minimum atomic E-state index is -0.129. The van der Waals surface area contributed by atoms with Crippen LogP contribution >= 0.6 is 0 Å². The molecule has 5 heteroatoms. The summed E-state index contributed by atoms with van der Waals surface area (Å²) in [5, 5.41) is 6.17. The molecule has 1 aromatic carbocycles. The van der Waals surface area contributed by atoms with E-state index in [4.69, 9.17) is 9.47 Å². The quantitative estimate of drug-likeness (QED) is 0.884. The Kier molecular flexibility index (Phi) is 4.84. The summed E-state index contributed by atoms with van der Waals surface area (Å²) >= 11 is 0. The summed E-state index contributed by atoms with van der Waals surface area (Å²) < 4.78 is 10.4. The van der Waals surface area contributed by atoms with Crippen molar-refractivity contribution in [3.05, 3.63) is 18.2 Å². The van der Waals surface area contributed by atoms with Crippen molar-refractivity contribution < 1.29 is 14.3 Å². The first-order chi connectivity index (χ1) is 9.62. The van der Waals surface area contributed by atoms with E-state index in [1.165, 1.54) is 0 Å². The molecule has 2 rings (SSSR count). The molecule has 1 aliphatic rings. The lowest BCUT2D eigenvalue weighted by Gasteiger charge is -2.27. The van der Waals surface area contributed by atoms with Crippen molar-refractivity contribution >= 4 is 11.6 Å². The normalized spacial score (nSPS) is 22.1. The predicted octanol–water partition coefficient (Wildman–Crippen LogP) is 2.03. The molecule has 2 atom stereocenters. The third kappa shape index (κ3) is 3.63. The fourth-order valence-corrected chi connectivity index (χ4v) is 2.42. The second-order valence-electron chi connectivity index (χ2n) is 5.23. The van der Waals surface area contributed by atoms with Crippen LogP contribution in [-0.4, -0.2) is 32.7 Å². The summed E-state index contributed by atoms with van der Waals surface area (Å²) in [6, 6.07) is 5.21. The number of amides is 1. The van der Waals surface area contributed by atoms with E-state index in [2.05, 4.69) is 17.6 Å². The van der Waals surface area contributed by atoms with E-state index in [0.717, 1.165) is 19.4 Å². The Morgan fingerprint density at radius 3 is 2.45 bits per heavy atom. The first kappa shape index (κ1) is 14.7. The number of benzene rings is 1. The van der Waals surface area contributed by atoms with Crippen LogP contribution in [0.2, 0.25) is 0 Å². The highest BCUT2D eigenvalue weighted by molar-refractivity contribution is 5.95. The molecule has 0 saturated carbocycles. The van der Waals surface area contributed by atoms with E-state index < -0.39 is 0 Å². The van der Waals surface area contributed by atoms with Crippen LogP contribution in [0.15, 0.2) is 18.2 Å². The molecule has 0 aromatic heterocycles. The van der Waals surface area contributed by atoms with Crippen molar-refractivity contribution in [3.63, 3.8) is 0 Å². The average Bonchev–Trinajstić information content (AvgIpc) is 2.46. The number of methoxy groups -OCH3 is 2. The molecule has 1 heterocycles. The standard InChI is InChI=1S/C15H22N2O3/c1-10-4-5-16-14(6-10)15(18)17-11-7-12(19-2)9-13(8-11)20-3/h7-10,14,16H,4-6H2,1-3H3,(H,17,18). The largest absolute Gasteiger partial charge is 0.497 e. The maximum atomic E-state index is 12.3. The van der Waals surface area contributed by atoms with E-state index in [1.807, 2.05) is 0 Å². The lowest BCUT2D eigenvalue weighted by atomic mass is 9.94. The average molecular weight is 278 g/mol. The molecule has 20 heavy (non-hydrogen) atoms. The molecule has 0 aliphatic carbocycles. The molecule has 2 N–H and O–H groups in total. The van der Waals surface area contributed by atoms with Crippen LogP contribution in [0.5, 0.6) is 11.5 Å². The summed E-state index contributed by atoms with van der Waals surface area (Å²) in [5.41, 5.74) is 0.686. The van der Waals surface area contributed by atoms with Gasteiger partial charge in [0, 0.05) is 23.9 Å². The van der Waals surface area contributed by atoms with Crippen molar-refractivity contribution in [3.8, 4) is 11.5 Å². The van der Waals surface area contributed by atoms with Crippen LogP contribution in [0.4, 0.5) is 5.69 Å². The lowest BCUT2D eigenvalue weighted by Crippen LogP contribution is -2.45. The van der Waals surface area contributed by atoms with Crippen LogP contribution < -0.4 is 20.1 Å². The number of carbonyl (C=O) groups excluding carboxylic acids is 1. The summed E-state index contributed by atoms with van der Waals surface area (Å²) in [6.07, 6.45) is 1.99. The van der Waals surface area contributed by atoms with Crippen molar-refractivity contribution in [2.45, 2.75) is 25.8 Å². The zero-order chi connectivity index (χ0) is 14.5. The van der Waals surface area contributed by atoms with Crippen LogP contribution in [0.1, 0.15) is 19.8 Å². The van der Waals surface area contributed by atoms with Crippen molar-refractivity contribution in [1.29, 1.82) is 0 Å². The van der Waals surface area contributed by atoms with E-state index in [0.29, 0.717) is 23.1 Å². The van der Waals surface area contributed by atoms with Gasteiger partial charge in [0.05, 0.1) is 20.3 Å². The van der Waals surface area contributed by atoms with Gasteiger partial charge in [0.1, 0.15) is 11.5 Å². The van der Waals surface area contributed by atoms with Crippen molar-refractivity contribution in [2.75, 3.05) is 26.1 Å². The summed E-state index contributed by atoms with van der Waals surface area (Å²) in [6.45, 7) is 3.07. The van der Waals surface area contributed by atoms with Gasteiger partial charge in [-0.05, 0) is 25.3 Å². The minimum absolute atomic E-state index is 0.00754. The zero-order valence-electron chi connectivity index (χ0n) is 12.2. The topological polar surface area (TPSA) is 59.6 Å². The van der Waals surface area contributed by atoms with E-state index in [-0.39, 0.29) is 11.9 Å². The van der Waals surface area contributed by atoms with Crippen LogP contribution in [-0.2, 0) is 4.79 Å². The van der Waals surface area contributed by atoms with Gasteiger partial charge in [-0.25, -0.2) is 0 Å². The van der Waals surface area contributed by atoms with Gasteiger partial charge in [0.2, 0.25) is 5.91 Å². The number of anilines is 1. The Labute approximate surface area is 119 Å². The SMILES string of the molecule is COc1cc(NC(=O)C2CC(C)CCN2)cc(OC)c1. The molecule has 1 amide bonds. The number of ether oxygens (including phenoxy) is 2. The third-order valence-corrected chi connectivity index (χ3v) is 3.60. The van der Waals surface area contributed by atoms with Gasteiger partial charge < -0.3 is 20.1 Å². The predicted molar refractivity (Wildman–Crippen MR) is 78.4 cm³/mol. The molecule has 2 unspecified atom stereocenters. The highest BCUT2D eigenvalue weighted by atomic mass is 16.5. The molecule has 1 fully saturated rings. The van der Waals surface area contributed by atoms with Crippen molar-refractivity contribution in [1.82, 2.24) is 5.32 Å². The number of piperidine rings is 1. The molecular weight excluding hydrogens is 256 g/mol. The van der Waals surface area contributed by atoms with Gasteiger partial charge in [-0.2, -0.15) is 0 Å². The Balaban J connectivity index is 2.06. The van der Waals surface area contributed by atoms with Gasteiger partial charge in [0.25, 0.3) is 0 Å². The fourth-order valence-electron chi connectivity index (χ4n) is 2.42. The van der Waals surface area contributed by atoms with E-state index in [1.54, 1.807) is 32.4 Å². The Morgan fingerprint density at radius 2 is 1.90 bits per heavy atom. The number of carbonyl (C=O) groups is 1. The van der Waals surface area contributed by atoms with E-state index >= 15 is 0 Å². The Bertz CT molecular complexity index is 454. The lowest BCUT2D eigenvalue weighted by molar-refractivity contribution is -0.119. The number of nitrogens with one attached hydrogen (secondary N) is 2. The Hall–Kier alpha value is -1.75. The number of rotatable bonds is 4. The van der Waals surface area contributed by atoms with Gasteiger partial charge in [-0.15, -0.1) is 0 Å². The van der Waals surface area contributed by atoms with Gasteiger partial charge in [-0.1, -0.05) is 6.92 Å². The molecule has 1 aromatic rings. The highest BCUT2D eigenvalue weighted by Crippen LogP contribution is 2.26. The van der Waals surface area contributed by atoms with Gasteiger partial charge in [0.15, 0.2) is 0 Å². The molecular formula is C15H22N2O3. The smallest absolute Gasteiger partial charge is 0.241 e. The molecule has 5 nitrogen and oxygen atoms in total. The molecule has 0 spiro atoms. The Morgan fingerprint density at radius 1 is 1.25 bits per heavy atom. The number of hydrogen-bond donors (Lipinski definition) is 2. The van der Waals surface area contributed by atoms with Gasteiger partial charge >= 0.3 is 0 Å². The molecule has 110 valence electrons. The second-order valence-corrected chi connectivity index (χ2v) is 5.23.